The normalized spacial score (nSPS) is 14.1. The summed E-state index contributed by atoms with van der Waals surface area (Å²) in [6, 6.07) is 11.0. The van der Waals surface area contributed by atoms with Crippen molar-refractivity contribution >= 4 is 23.0 Å². The molecular formula is C17H18FN3O. The third-order valence-electron chi connectivity index (χ3n) is 3.82. The van der Waals surface area contributed by atoms with Gasteiger partial charge in [-0.3, -0.25) is 4.79 Å². The van der Waals surface area contributed by atoms with Gasteiger partial charge >= 0.3 is 0 Å². The van der Waals surface area contributed by atoms with Gasteiger partial charge in [-0.2, -0.15) is 0 Å². The maximum atomic E-state index is 12.9. The molecule has 0 unspecified atom stereocenters. The topological polar surface area (TPSA) is 58.4 Å². The van der Waals surface area contributed by atoms with Gasteiger partial charge in [0.15, 0.2) is 0 Å². The van der Waals surface area contributed by atoms with Gasteiger partial charge < -0.3 is 16.0 Å². The first kappa shape index (κ1) is 14.4. The van der Waals surface area contributed by atoms with Crippen LogP contribution in [0.15, 0.2) is 42.5 Å². The second-order valence-corrected chi connectivity index (χ2v) is 5.43. The van der Waals surface area contributed by atoms with Gasteiger partial charge in [0, 0.05) is 24.3 Å². The molecule has 1 aliphatic heterocycles. The summed E-state index contributed by atoms with van der Waals surface area (Å²) in [5.74, 6) is -0.635. The summed E-state index contributed by atoms with van der Waals surface area (Å²) in [6.07, 6.45) is 2.30. The van der Waals surface area contributed by atoms with E-state index in [1.165, 1.54) is 24.3 Å². The molecule has 0 radical (unpaired) electrons. The Morgan fingerprint density at radius 1 is 1.09 bits per heavy atom. The van der Waals surface area contributed by atoms with Gasteiger partial charge in [-0.05, 0) is 55.3 Å². The van der Waals surface area contributed by atoms with Crippen LogP contribution in [0.1, 0.15) is 23.2 Å². The Bertz CT molecular complexity index is 679. The summed E-state index contributed by atoms with van der Waals surface area (Å²) < 4.78 is 12.9. The smallest absolute Gasteiger partial charge is 0.255 e. The molecule has 0 aromatic heterocycles. The van der Waals surface area contributed by atoms with Crippen LogP contribution >= 0.6 is 0 Å². The van der Waals surface area contributed by atoms with E-state index in [4.69, 9.17) is 5.73 Å². The molecule has 114 valence electrons. The van der Waals surface area contributed by atoms with E-state index in [2.05, 4.69) is 10.2 Å². The van der Waals surface area contributed by atoms with E-state index in [0.717, 1.165) is 31.6 Å². The molecule has 1 amide bonds. The van der Waals surface area contributed by atoms with Crippen molar-refractivity contribution in [1.29, 1.82) is 0 Å². The van der Waals surface area contributed by atoms with Crippen LogP contribution < -0.4 is 16.0 Å². The predicted octanol–water partition coefficient (Wildman–Crippen LogP) is 3.26. The van der Waals surface area contributed by atoms with E-state index in [-0.39, 0.29) is 11.7 Å². The maximum absolute atomic E-state index is 12.9. The van der Waals surface area contributed by atoms with Crippen LogP contribution in [-0.2, 0) is 0 Å². The van der Waals surface area contributed by atoms with E-state index >= 15 is 0 Å². The Hall–Kier alpha value is -2.56. The van der Waals surface area contributed by atoms with Crippen LogP contribution in [-0.4, -0.2) is 19.0 Å². The third-order valence-corrected chi connectivity index (χ3v) is 3.82. The zero-order chi connectivity index (χ0) is 15.5. The molecule has 2 aromatic rings. The average molecular weight is 299 g/mol. The number of nitrogens with two attached hydrogens (primary N) is 1. The van der Waals surface area contributed by atoms with E-state index in [9.17, 15) is 9.18 Å². The molecule has 5 heteroatoms. The van der Waals surface area contributed by atoms with Crippen LogP contribution in [0.25, 0.3) is 0 Å². The Morgan fingerprint density at radius 3 is 2.45 bits per heavy atom. The minimum atomic E-state index is -0.363. The van der Waals surface area contributed by atoms with Gasteiger partial charge in [0.1, 0.15) is 5.82 Å². The molecule has 0 aliphatic carbocycles. The van der Waals surface area contributed by atoms with Crippen LogP contribution in [0, 0.1) is 5.82 Å². The fourth-order valence-corrected chi connectivity index (χ4v) is 2.68. The number of benzene rings is 2. The van der Waals surface area contributed by atoms with E-state index in [0.29, 0.717) is 16.9 Å². The monoisotopic (exact) mass is 299 g/mol. The number of nitrogens with one attached hydrogen (secondary N) is 1. The minimum absolute atomic E-state index is 0.272. The number of carbonyl (C=O) groups excluding carboxylic acids is 1. The second-order valence-electron chi connectivity index (χ2n) is 5.43. The highest BCUT2D eigenvalue weighted by molar-refractivity contribution is 6.06. The molecule has 1 aliphatic rings. The lowest BCUT2D eigenvalue weighted by Crippen LogP contribution is -2.21. The van der Waals surface area contributed by atoms with Crippen LogP contribution in [0.4, 0.5) is 21.5 Å². The number of rotatable bonds is 3. The van der Waals surface area contributed by atoms with Crippen LogP contribution in [0.5, 0.6) is 0 Å². The number of anilines is 3. The summed E-state index contributed by atoms with van der Waals surface area (Å²) >= 11 is 0. The molecule has 0 bridgehead atoms. The summed E-state index contributed by atoms with van der Waals surface area (Å²) in [6.45, 7) is 1.95. The molecule has 0 atom stereocenters. The first-order chi connectivity index (χ1) is 10.6. The van der Waals surface area contributed by atoms with Crippen LogP contribution in [0.3, 0.4) is 0 Å². The van der Waals surface area contributed by atoms with Gasteiger partial charge in [0.25, 0.3) is 5.91 Å². The highest BCUT2D eigenvalue weighted by Crippen LogP contribution is 2.31. The van der Waals surface area contributed by atoms with E-state index in [1.807, 2.05) is 12.1 Å². The van der Waals surface area contributed by atoms with Gasteiger partial charge in [-0.15, -0.1) is 0 Å². The SMILES string of the molecule is Nc1ccc(N2CCCC2)c(NC(=O)c2ccc(F)cc2)c1. The van der Waals surface area contributed by atoms with Gasteiger partial charge in [0.05, 0.1) is 11.4 Å². The van der Waals surface area contributed by atoms with Crippen molar-refractivity contribution < 1.29 is 9.18 Å². The molecule has 1 fully saturated rings. The zero-order valence-corrected chi connectivity index (χ0v) is 12.2. The van der Waals surface area contributed by atoms with Crippen molar-refractivity contribution in [3.05, 3.63) is 53.8 Å². The Morgan fingerprint density at radius 2 is 1.77 bits per heavy atom. The molecular weight excluding hydrogens is 281 g/mol. The van der Waals surface area contributed by atoms with Crippen LogP contribution in [0.2, 0.25) is 0 Å². The highest BCUT2D eigenvalue weighted by atomic mass is 19.1. The molecule has 4 nitrogen and oxygen atoms in total. The number of carbonyl (C=O) groups is 1. The zero-order valence-electron chi connectivity index (χ0n) is 12.2. The third kappa shape index (κ3) is 3.03. The quantitative estimate of drug-likeness (QED) is 0.855. The lowest BCUT2D eigenvalue weighted by Gasteiger charge is -2.22. The summed E-state index contributed by atoms with van der Waals surface area (Å²) in [5.41, 5.74) is 8.51. The summed E-state index contributed by atoms with van der Waals surface area (Å²) in [4.78, 5) is 14.5. The first-order valence-corrected chi connectivity index (χ1v) is 7.35. The number of nitrogens with zero attached hydrogens (tertiary/aromatic N) is 1. The van der Waals surface area contributed by atoms with Crippen molar-refractivity contribution in [3.8, 4) is 0 Å². The minimum Gasteiger partial charge on any atom is -0.399 e. The molecule has 1 saturated heterocycles. The molecule has 0 saturated carbocycles. The number of halogens is 1. The Labute approximate surface area is 128 Å². The summed E-state index contributed by atoms with van der Waals surface area (Å²) in [5, 5.41) is 2.88. The highest BCUT2D eigenvalue weighted by Gasteiger charge is 2.17. The van der Waals surface area contributed by atoms with Crippen molar-refractivity contribution in [2.45, 2.75) is 12.8 Å². The first-order valence-electron chi connectivity index (χ1n) is 7.35. The summed E-state index contributed by atoms with van der Waals surface area (Å²) in [7, 11) is 0. The van der Waals surface area contributed by atoms with E-state index < -0.39 is 0 Å². The van der Waals surface area contributed by atoms with Gasteiger partial charge in [0.2, 0.25) is 0 Å². The Balaban J connectivity index is 1.85. The largest absolute Gasteiger partial charge is 0.399 e. The lowest BCUT2D eigenvalue weighted by molar-refractivity contribution is 0.102. The van der Waals surface area contributed by atoms with Crippen molar-refractivity contribution in [1.82, 2.24) is 0 Å². The molecule has 1 heterocycles. The van der Waals surface area contributed by atoms with Crippen molar-refractivity contribution in [2.75, 3.05) is 29.0 Å². The van der Waals surface area contributed by atoms with Gasteiger partial charge in [-0.1, -0.05) is 0 Å². The fraction of sp³-hybridized carbons (Fsp3) is 0.235. The van der Waals surface area contributed by atoms with E-state index in [1.54, 1.807) is 6.07 Å². The fourth-order valence-electron chi connectivity index (χ4n) is 2.68. The number of amides is 1. The molecule has 2 aromatic carbocycles. The lowest BCUT2D eigenvalue weighted by atomic mass is 10.2. The molecule has 3 rings (SSSR count). The predicted molar refractivity (Wildman–Crippen MR) is 86.7 cm³/mol. The van der Waals surface area contributed by atoms with Crippen molar-refractivity contribution in [3.63, 3.8) is 0 Å². The van der Waals surface area contributed by atoms with Gasteiger partial charge in [-0.25, -0.2) is 4.39 Å². The molecule has 3 N–H and O–H groups in total. The maximum Gasteiger partial charge on any atom is 0.255 e. The standard InChI is InChI=1S/C17H18FN3O/c18-13-5-3-12(4-6-13)17(22)20-15-11-14(19)7-8-16(15)21-9-1-2-10-21/h3-8,11H,1-2,9-10,19H2,(H,20,22). The second kappa shape index (κ2) is 6.05. The molecule has 0 spiro atoms. The number of hydrogen-bond donors (Lipinski definition) is 2. The Kier molecular flexibility index (Phi) is 3.96. The number of hydrogen-bond acceptors (Lipinski definition) is 3. The average Bonchev–Trinajstić information content (AvgIpc) is 3.02. The number of nitrogen functional groups attached to an aromatic ring is 1. The molecule has 22 heavy (non-hydrogen) atoms. The van der Waals surface area contributed by atoms with Crippen molar-refractivity contribution in [2.24, 2.45) is 0 Å².